The SMILES string of the molecule is C=CC1CCC(C2COC(C3CCC(C(F)=CC(F)(F)F)CC3)OC2)CC1. The summed E-state index contributed by atoms with van der Waals surface area (Å²) in [7, 11) is 0. The minimum Gasteiger partial charge on any atom is -0.352 e. The Kier molecular flexibility index (Phi) is 7.01. The van der Waals surface area contributed by atoms with Crippen LogP contribution >= 0.6 is 0 Å². The van der Waals surface area contributed by atoms with E-state index in [1.54, 1.807) is 0 Å². The number of ether oxygens (including phenoxy) is 2. The van der Waals surface area contributed by atoms with Crippen LogP contribution in [-0.4, -0.2) is 25.7 Å². The molecular formula is C21H30F4O2. The summed E-state index contributed by atoms with van der Waals surface area (Å²) in [6, 6.07) is 0. The number of hydrogen-bond donors (Lipinski definition) is 0. The van der Waals surface area contributed by atoms with E-state index < -0.39 is 17.9 Å². The molecule has 0 N–H and O–H groups in total. The molecule has 1 aliphatic heterocycles. The first kappa shape index (κ1) is 20.8. The first-order chi connectivity index (χ1) is 12.9. The molecule has 0 aromatic rings. The van der Waals surface area contributed by atoms with Crippen molar-refractivity contribution in [1.82, 2.24) is 0 Å². The summed E-state index contributed by atoms with van der Waals surface area (Å²) in [5, 5.41) is 0. The Morgan fingerprint density at radius 1 is 0.815 bits per heavy atom. The molecule has 0 unspecified atom stereocenters. The second-order valence-electron chi connectivity index (χ2n) is 8.39. The molecule has 0 bridgehead atoms. The zero-order valence-electron chi connectivity index (χ0n) is 15.7. The van der Waals surface area contributed by atoms with Gasteiger partial charge in [0, 0.05) is 17.8 Å². The van der Waals surface area contributed by atoms with E-state index in [0.29, 0.717) is 56.7 Å². The van der Waals surface area contributed by atoms with Gasteiger partial charge >= 0.3 is 6.18 Å². The fourth-order valence-electron chi connectivity index (χ4n) is 4.87. The normalized spacial score (nSPS) is 39.2. The lowest BCUT2D eigenvalue weighted by atomic mass is 9.76. The molecular weight excluding hydrogens is 360 g/mol. The molecule has 0 atom stereocenters. The highest BCUT2D eigenvalue weighted by molar-refractivity contribution is 5.03. The van der Waals surface area contributed by atoms with Crippen LogP contribution in [0.3, 0.4) is 0 Å². The van der Waals surface area contributed by atoms with Gasteiger partial charge in [-0.25, -0.2) is 4.39 Å². The molecule has 0 aromatic heterocycles. The maximum absolute atomic E-state index is 13.7. The Labute approximate surface area is 159 Å². The van der Waals surface area contributed by atoms with Gasteiger partial charge in [-0.1, -0.05) is 6.08 Å². The van der Waals surface area contributed by atoms with Crippen molar-refractivity contribution in [3.05, 3.63) is 24.6 Å². The van der Waals surface area contributed by atoms with Crippen molar-refractivity contribution in [3.63, 3.8) is 0 Å². The van der Waals surface area contributed by atoms with Crippen LogP contribution in [0.2, 0.25) is 0 Å². The lowest BCUT2D eigenvalue weighted by molar-refractivity contribution is -0.236. The largest absolute Gasteiger partial charge is 0.412 e. The zero-order chi connectivity index (χ0) is 19.4. The Morgan fingerprint density at radius 3 is 1.89 bits per heavy atom. The molecule has 1 saturated heterocycles. The Hall–Kier alpha value is -0.880. The van der Waals surface area contributed by atoms with Crippen LogP contribution in [0.4, 0.5) is 17.6 Å². The van der Waals surface area contributed by atoms with E-state index >= 15 is 0 Å². The number of alkyl halides is 3. The highest BCUT2D eigenvalue weighted by Crippen LogP contribution is 2.40. The van der Waals surface area contributed by atoms with Crippen molar-refractivity contribution in [2.75, 3.05) is 13.2 Å². The molecule has 27 heavy (non-hydrogen) atoms. The monoisotopic (exact) mass is 390 g/mol. The van der Waals surface area contributed by atoms with Gasteiger partial charge < -0.3 is 9.47 Å². The van der Waals surface area contributed by atoms with Crippen molar-refractivity contribution in [2.45, 2.75) is 63.8 Å². The molecule has 3 rings (SSSR count). The lowest BCUT2D eigenvalue weighted by Gasteiger charge is -2.40. The number of hydrogen-bond acceptors (Lipinski definition) is 2. The maximum Gasteiger partial charge on any atom is 0.412 e. The fraction of sp³-hybridized carbons (Fsp3) is 0.810. The van der Waals surface area contributed by atoms with E-state index in [-0.39, 0.29) is 18.3 Å². The van der Waals surface area contributed by atoms with Gasteiger partial charge in [0.05, 0.1) is 19.3 Å². The Bertz CT molecular complexity index is 507. The van der Waals surface area contributed by atoms with Crippen molar-refractivity contribution < 1.29 is 27.0 Å². The first-order valence-electron chi connectivity index (χ1n) is 10.2. The topological polar surface area (TPSA) is 18.5 Å². The molecule has 1 heterocycles. The molecule has 6 heteroatoms. The number of allylic oxidation sites excluding steroid dienone is 3. The van der Waals surface area contributed by atoms with Crippen LogP contribution in [0.1, 0.15) is 51.4 Å². The average molecular weight is 390 g/mol. The molecule has 0 aromatic carbocycles. The summed E-state index contributed by atoms with van der Waals surface area (Å²) >= 11 is 0. The minimum absolute atomic E-state index is 0.150. The van der Waals surface area contributed by atoms with Crippen LogP contribution in [0.15, 0.2) is 24.6 Å². The van der Waals surface area contributed by atoms with Gasteiger partial charge in [-0.15, -0.1) is 6.58 Å². The third-order valence-electron chi connectivity index (χ3n) is 6.61. The second-order valence-corrected chi connectivity index (χ2v) is 8.39. The smallest absolute Gasteiger partial charge is 0.352 e. The zero-order valence-corrected chi connectivity index (χ0v) is 15.7. The first-order valence-corrected chi connectivity index (χ1v) is 10.2. The summed E-state index contributed by atoms with van der Waals surface area (Å²) < 4.78 is 62.6. The molecule has 0 radical (unpaired) electrons. The van der Waals surface area contributed by atoms with Gasteiger partial charge in [0.15, 0.2) is 6.29 Å². The molecule has 0 spiro atoms. The third kappa shape index (κ3) is 5.80. The van der Waals surface area contributed by atoms with Gasteiger partial charge in [-0.2, -0.15) is 13.2 Å². The van der Waals surface area contributed by atoms with Gasteiger partial charge in [0.1, 0.15) is 5.83 Å². The van der Waals surface area contributed by atoms with Crippen LogP contribution in [0.25, 0.3) is 0 Å². The highest BCUT2D eigenvalue weighted by atomic mass is 19.4. The van der Waals surface area contributed by atoms with Crippen LogP contribution < -0.4 is 0 Å². The van der Waals surface area contributed by atoms with Gasteiger partial charge in [0.25, 0.3) is 0 Å². The summed E-state index contributed by atoms with van der Waals surface area (Å²) in [6.45, 7) is 5.27. The predicted molar refractivity (Wildman–Crippen MR) is 95.5 cm³/mol. The summed E-state index contributed by atoms with van der Waals surface area (Å²) in [6.07, 6.45) is 3.86. The van der Waals surface area contributed by atoms with Crippen molar-refractivity contribution in [2.24, 2.45) is 29.6 Å². The quantitative estimate of drug-likeness (QED) is 0.421. The average Bonchev–Trinajstić information content (AvgIpc) is 2.67. The lowest BCUT2D eigenvalue weighted by Crippen LogP contribution is -2.41. The molecule has 3 aliphatic rings. The Balaban J connectivity index is 1.41. The maximum atomic E-state index is 13.7. The molecule has 0 amide bonds. The van der Waals surface area contributed by atoms with E-state index in [2.05, 4.69) is 12.7 Å². The van der Waals surface area contributed by atoms with E-state index in [0.717, 1.165) is 0 Å². The third-order valence-corrected chi connectivity index (χ3v) is 6.61. The summed E-state index contributed by atoms with van der Waals surface area (Å²) in [5.41, 5.74) is 0. The van der Waals surface area contributed by atoms with E-state index in [9.17, 15) is 17.6 Å². The molecule has 2 saturated carbocycles. The number of rotatable bonds is 4. The predicted octanol–water partition coefficient (Wildman–Crippen LogP) is 6.19. The molecule has 2 aliphatic carbocycles. The van der Waals surface area contributed by atoms with Crippen molar-refractivity contribution in [3.8, 4) is 0 Å². The summed E-state index contributed by atoms with van der Waals surface area (Å²) in [4.78, 5) is 0. The van der Waals surface area contributed by atoms with E-state index in [4.69, 9.17) is 9.47 Å². The van der Waals surface area contributed by atoms with E-state index in [1.807, 2.05) is 0 Å². The second kappa shape index (κ2) is 9.08. The van der Waals surface area contributed by atoms with Crippen LogP contribution in [0, 0.1) is 29.6 Å². The molecule has 154 valence electrons. The van der Waals surface area contributed by atoms with Crippen LogP contribution in [0.5, 0.6) is 0 Å². The van der Waals surface area contributed by atoms with Crippen molar-refractivity contribution in [1.29, 1.82) is 0 Å². The standard InChI is InChI=1S/C21H30F4O2/c1-2-14-3-5-15(6-4-14)18-12-26-20(27-13-18)17-9-7-16(8-10-17)19(22)11-21(23,24)25/h2,11,14-18,20H,1,3-10,12-13H2. The minimum atomic E-state index is -4.59. The van der Waals surface area contributed by atoms with Gasteiger partial charge in [-0.3, -0.25) is 0 Å². The fourth-order valence-corrected chi connectivity index (χ4v) is 4.87. The Morgan fingerprint density at radius 2 is 1.37 bits per heavy atom. The van der Waals surface area contributed by atoms with Gasteiger partial charge in [0.2, 0.25) is 0 Å². The number of halogens is 4. The summed E-state index contributed by atoms with van der Waals surface area (Å²) in [5.74, 6) is 0.190. The molecule has 3 fully saturated rings. The van der Waals surface area contributed by atoms with Gasteiger partial charge in [-0.05, 0) is 63.2 Å². The highest BCUT2D eigenvalue weighted by Gasteiger charge is 2.37. The van der Waals surface area contributed by atoms with E-state index in [1.165, 1.54) is 25.7 Å². The van der Waals surface area contributed by atoms with Crippen LogP contribution in [-0.2, 0) is 9.47 Å². The van der Waals surface area contributed by atoms with Crippen molar-refractivity contribution >= 4 is 0 Å². The molecule has 2 nitrogen and oxygen atoms in total.